The molecule has 0 saturated carbocycles. The molecule has 2 aromatic rings. The monoisotopic (exact) mass is 327 g/mol. The second-order valence-corrected chi connectivity index (χ2v) is 6.21. The molecule has 1 aromatic heterocycles. The Labute approximate surface area is 140 Å². The van der Waals surface area contributed by atoms with Crippen molar-refractivity contribution in [3.8, 4) is 0 Å². The Hall–Kier alpha value is -2.70. The maximum atomic E-state index is 12.6. The van der Waals surface area contributed by atoms with E-state index < -0.39 is 5.91 Å². The van der Waals surface area contributed by atoms with E-state index in [2.05, 4.69) is 10.1 Å². The van der Waals surface area contributed by atoms with Crippen LogP contribution in [0.1, 0.15) is 40.6 Å². The molecule has 1 atom stereocenters. The second kappa shape index (κ2) is 6.82. The lowest BCUT2D eigenvalue weighted by Gasteiger charge is -2.32. The number of aromatic nitrogens is 3. The minimum absolute atomic E-state index is 0.0122. The maximum Gasteiger partial charge on any atom is 0.288 e. The van der Waals surface area contributed by atoms with Gasteiger partial charge in [0.15, 0.2) is 0 Å². The van der Waals surface area contributed by atoms with Gasteiger partial charge in [-0.25, -0.2) is 9.67 Å². The maximum absolute atomic E-state index is 12.6. The van der Waals surface area contributed by atoms with E-state index in [1.807, 2.05) is 36.1 Å². The first-order valence-electron chi connectivity index (χ1n) is 8.07. The molecule has 126 valence electrons. The first-order valence-corrected chi connectivity index (χ1v) is 8.07. The van der Waals surface area contributed by atoms with Gasteiger partial charge in [-0.15, -0.1) is 5.10 Å². The molecule has 0 bridgehead atoms. The highest BCUT2D eigenvalue weighted by Crippen LogP contribution is 2.21. The van der Waals surface area contributed by atoms with E-state index in [0.717, 1.165) is 30.5 Å². The number of hydrogen-bond acceptors (Lipinski definition) is 4. The fraction of sp³-hybridized carbons (Fsp3) is 0.412. The van der Waals surface area contributed by atoms with Gasteiger partial charge < -0.3 is 10.6 Å². The molecule has 2 heterocycles. The van der Waals surface area contributed by atoms with E-state index in [-0.39, 0.29) is 17.8 Å². The van der Waals surface area contributed by atoms with Crippen LogP contribution in [0, 0.1) is 6.92 Å². The van der Waals surface area contributed by atoms with Crippen LogP contribution in [0.3, 0.4) is 0 Å². The number of hydrogen-bond donors (Lipinski definition) is 1. The van der Waals surface area contributed by atoms with Crippen molar-refractivity contribution in [3.05, 3.63) is 47.5 Å². The SMILES string of the molecule is Cc1cccc(CC(=O)N2CCC[C@H](n3cnc(C(N)=O)n3)C2)c1. The van der Waals surface area contributed by atoms with Crippen LogP contribution in [0.4, 0.5) is 0 Å². The molecule has 1 aliphatic rings. The Morgan fingerprint density at radius 2 is 2.21 bits per heavy atom. The molecule has 7 heteroatoms. The number of carbonyl (C=O) groups excluding carboxylic acids is 2. The third kappa shape index (κ3) is 3.61. The Morgan fingerprint density at radius 1 is 1.38 bits per heavy atom. The highest BCUT2D eigenvalue weighted by Gasteiger charge is 2.26. The van der Waals surface area contributed by atoms with Gasteiger partial charge >= 0.3 is 0 Å². The van der Waals surface area contributed by atoms with Crippen LogP contribution in [0.15, 0.2) is 30.6 Å². The fourth-order valence-electron chi connectivity index (χ4n) is 3.07. The van der Waals surface area contributed by atoms with Gasteiger partial charge in [0.2, 0.25) is 11.7 Å². The number of aryl methyl sites for hydroxylation is 1. The normalized spacial score (nSPS) is 17.7. The van der Waals surface area contributed by atoms with Crippen molar-refractivity contribution in [1.29, 1.82) is 0 Å². The first kappa shape index (κ1) is 16.2. The quantitative estimate of drug-likeness (QED) is 0.909. The van der Waals surface area contributed by atoms with E-state index in [1.54, 1.807) is 4.68 Å². The summed E-state index contributed by atoms with van der Waals surface area (Å²) in [7, 11) is 0. The largest absolute Gasteiger partial charge is 0.363 e. The zero-order valence-electron chi connectivity index (χ0n) is 13.7. The first-order chi connectivity index (χ1) is 11.5. The van der Waals surface area contributed by atoms with Crippen molar-refractivity contribution in [3.63, 3.8) is 0 Å². The molecule has 2 N–H and O–H groups in total. The molecule has 2 amide bonds. The second-order valence-electron chi connectivity index (χ2n) is 6.21. The number of piperidine rings is 1. The molecular weight excluding hydrogens is 306 g/mol. The summed E-state index contributed by atoms with van der Waals surface area (Å²) in [5, 5.41) is 4.12. The molecule has 0 radical (unpaired) electrons. The lowest BCUT2D eigenvalue weighted by molar-refractivity contribution is -0.132. The molecule has 24 heavy (non-hydrogen) atoms. The van der Waals surface area contributed by atoms with Crippen LogP contribution in [0.25, 0.3) is 0 Å². The number of carbonyl (C=O) groups is 2. The van der Waals surface area contributed by atoms with Crippen LogP contribution >= 0.6 is 0 Å². The summed E-state index contributed by atoms with van der Waals surface area (Å²) in [6.07, 6.45) is 3.71. The highest BCUT2D eigenvalue weighted by atomic mass is 16.2. The van der Waals surface area contributed by atoms with Crippen molar-refractivity contribution < 1.29 is 9.59 Å². The van der Waals surface area contributed by atoms with Gasteiger partial charge in [-0.05, 0) is 25.3 Å². The predicted molar refractivity (Wildman–Crippen MR) is 88.3 cm³/mol. The Balaban J connectivity index is 1.66. The molecule has 0 unspecified atom stereocenters. The summed E-state index contributed by atoms with van der Waals surface area (Å²) in [5.41, 5.74) is 7.37. The molecule has 1 fully saturated rings. The number of nitrogens with zero attached hydrogens (tertiary/aromatic N) is 4. The van der Waals surface area contributed by atoms with E-state index in [1.165, 1.54) is 6.33 Å². The number of likely N-dealkylation sites (tertiary alicyclic amines) is 1. The molecule has 1 aliphatic heterocycles. The van der Waals surface area contributed by atoms with E-state index in [9.17, 15) is 9.59 Å². The van der Waals surface area contributed by atoms with E-state index in [0.29, 0.717) is 13.0 Å². The minimum Gasteiger partial charge on any atom is -0.363 e. The predicted octanol–water partition coefficient (Wildman–Crippen LogP) is 1.09. The summed E-state index contributed by atoms with van der Waals surface area (Å²) >= 11 is 0. The standard InChI is InChI=1S/C17H21N5O2/c1-12-4-2-5-13(8-12)9-15(23)21-7-3-6-14(10-21)22-11-19-17(20-22)16(18)24/h2,4-5,8,11,14H,3,6-7,9-10H2,1H3,(H2,18,24)/t14-/m0/s1. The van der Waals surface area contributed by atoms with E-state index in [4.69, 9.17) is 5.73 Å². The van der Waals surface area contributed by atoms with Crippen molar-refractivity contribution in [2.45, 2.75) is 32.2 Å². The summed E-state index contributed by atoms with van der Waals surface area (Å²) in [4.78, 5) is 29.5. The van der Waals surface area contributed by atoms with Crippen LogP contribution < -0.4 is 5.73 Å². The van der Waals surface area contributed by atoms with Gasteiger partial charge in [0.25, 0.3) is 5.91 Å². The molecule has 0 spiro atoms. The average Bonchev–Trinajstić information content (AvgIpc) is 3.05. The molecule has 1 saturated heterocycles. The topological polar surface area (TPSA) is 94.1 Å². The van der Waals surface area contributed by atoms with Gasteiger partial charge in [0.05, 0.1) is 12.5 Å². The van der Waals surface area contributed by atoms with Crippen LogP contribution in [0.5, 0.6) is 0 Å². The molecule has 0 aliphatic carbocycles. The average molecular weight is 327 g/mol. The molecule has 1 aromatic carbocycles. The van der Waals surface area contributed by atoms with Gasteiger partial charge in [0, 0.05) is 13.1 Å². The van der Waals surface area contributed by atoms with Crippen LogP contribution in [0.2, 0.25) is 0 Å². The summed E-state index contributed by atoms with van der Waals surface area (Å²) in [6, 6.07) is 8.03. The zero-order valence-corrected chi connectivity index (χ0v) is 13.7. The summed E-state index contributed by atoms with van der Waals surface area (Å²) in [6.45, 7) is 3.34. The number of rotatable bonds is 4. The van der Waals surface area contributed by atoms with Crippen molar-refractivity contribution >= 4 is 11.8 Å². The highest BCUT2D eigenvalue weighted by molar-refractivity contribution is 5.88. The smallest absolute Gasteiger partial charge is 0.288 e. The van der Waals surface area contributed by atoms with Crippen molar-refractivity contribution in [1.82, 2.24) is 19.7 Å². The Bertz CT molecular complexity index is 755. The molecule has 3 rings (SSSR count). The Kier molecular flexibility index (Phi) is 4.59. The number of nitrogens with two attached hydrogens (primary N) is 1. The molecular formula is C17H21N5O2. The minimum atomic E-state index is -0.642. The summed E-state index contributed by atoms with van der Waals surface area (Å²) in [5.74, 6) is -0.518. The lowest BCUT2D eigenvalue weighted by atomic mass is 10.0. The van der Waals surface area contributed by atoms with Gasteiger partial charge in [0.1, 0.15) is 6.33 Å². The van der Waals surface area contributed by atoms with Crippen molar-refractivity contribution in [2.75, 3.05) is 13.1 Å². The number of primary amides is 1. The fourth-order valence-corrected chi connectivity index (χ4v) is 3.07. The van der Waals surface area contributed by atoms with Crippen LogP contribution in [-0.2, 0) is 11.2 Å². The van der Waals surface area contributed by atoms with Gasteiger partial charge in [-0.3, -0.25) is 9.59 Å². The van der Waals surface area contributed by atoms with Gasteiger partial charge in [-0.1, -0.05) is 29.8 Å². The van der Waals surface area contributed by atoms with Gasteiger partial charge in [-0.2, -0.15) is 0 Å². The van der Waals surface area contributed by atoms with Crippen LogP contribution in [-0.4, -0.2) is 44.6 Å². The Morgan fingerprint density at radius 3 is 2.92 bits per heavy atom. The number of benzene rings is 1. The third-order valence-corrected chi connectivity index (χ3v) is 4.29. The van der Waals surface area contributed by atoms with Crippen molar-refractivity contribution in [2.24, 2.45) is 5.73 Å². The third-order valence-electron chi connectivity index (χ3n) is 4.29. The summed E-state index contributed by atoms with van der Waals surface area (Å²) < 4.78 is 1.65. The zero-order chi connectivity index (χ0) is 17.1. The number of amides is 2. The molecule has 7 nitrogen and oxygen atoms in total. The van der Waals surface area contributed by atoms with E-state index >= 15 is 0 Å². The lowest BCUT2D eigenvalue weighted by Crippen LogP contribution is -2.41.